The second kappa shape index (κ2) is 1.79. The highest BCUT2D eigenvalue weighted by Crippen LogP contribution is 2.19. The molecule has 1 aromatic heterocycles. The van der Waals surface area contributed by atoms with Gasteiger partial charge in [-0.3, -0.25) is 0 Å². The van der Waals surface area contributed by atoms with E-state index in [9.17, 15) is 0 Å². The number of anilines is 1. The fourth-order valence-electron chi connectivity index (χ4n) is 0.986. The Labute approximate surface area is 54.1 Å². The zero-order valence-corrected chi connectivity index (χ0v) is 5.21. The smallest absolute Gasteiger partial charge is 0.195 e. The summed E-state index contributed by atoms with van der Waals surface area (Å²) in [6.45, 7) is 2.32. The fourth-order valence-corrected chi connectivity index (χ4v) is 0.986. The lowest BCUT2D eigenvalue weighted by Crippen LogP contribution is -2.36. The molecule has 1 aliphatic rings. The van der Waals surface area contributed by atoms with Gasteiger partial charge in [0.2, 0.25) is 0 Å². The van der Waals surface area contributed by atoms with Crippen LogP contribution in [0.3, 0.4) is 0 Å². The molecular weight excluding hydrogens is 114 g/mol. The first-order valence-electron chi connectivity index (χ1n) is 3.25. The monoisotopic (exact) mass is 123 g/mol. The maximum absolute atomic E-state index is 5.16. The summed E-state index contributed by atoms with van der Waals surface area (Å²) in [7, 11) is 0. The first-order valence-corrected chi connectivity index (χ1v) is 3.25. The molecule has 0 bridgehead atoms. The lowest BCUT2D eigenvalue weighted by Gasteiger charge is -2.30. The predicted molar refractivity (Wildman–Crippen MR) is 35.5 cm³/mol. The van der Waals surface area contributed by atoms with Crippen molar-refractivity contribution in [2.24, 2.45) is 0 Å². The van der Waals surface area contributed by atoms with Crippen LogP contribution in [0.15, 0.2) is 22.8 Å². The molecule has 1 saturated heterocycles. The Morgan fingerprint density at radius 2 is 2.33 bits per heavy atom. The Balaban J connectivity index is 2.14. The molecule has 1 fully saturated rings. The van der Waals surface area contributed by atoms with Gasteiger partial charge in [0.05, 0.1) is 6.26 Å². The van der Waals surface area contributed by atoms with Crippen LogP contribution >= 0.6 is 0 Å². The van der Waals surface area contributed by atoms with Crippen LogP contribution in [0.1, 0.15) is 6.42 Å². The number of furan rings is 1. The highest BCUT2D eigenvalue weighted by atomic mass is 16.3. The molecule has 0 aliphatic carbocycles. The average molecular weight is 123 g/mol. The van der Waals surface area contributed by atoms with Crippen molar-refractivity contribution in [2.45, 2.75) is 6.42 Å². The quantitative estimate of drug-likeness (QED) is 0.562. The molecule has 0 atom stereocenters. The molecule has 0 saturated carbocycles. The van der Waals surface area contributed by atoms with Crippen molar-refractivity contribution in [2.75, 3.05) is 18.0 Å². The predicted octanol–water partition coefficient (Wildman–Crippen LogP) is 1.49. The molecule has 2 nitrogen and oxygen atoms in total. The summed E-state index contributed by atoms with van der Waals surface area (Å²) >= 11 is 0. The maximum Gasteiger partial charge on any atom is 0.195 e. The topological polar surface area (TPSA) is 16.4 Å². The molecule has 9 heavy (non-hydrogen) atoms. The Morgan fingerprint density at radius 1 is 1.44 bits per heavy atom. The van der Waals surface area contributed by atoms with E-state index in [1.54, 1.807) is 6.26 Å². The highest BCUT2D eigenvalue weighted by molar-refractivity contribution is 5.36. The molecular formula is C7H9NO. The van der Waals surface area contributed by atoms with E-state index in [2.05, 4.69) is 4.90 Å². The number of hydrogen-bond donors (Lipinski definition) is 0. The SMILES string of the molecule is c1coc(N2CCC2)c1. The molecule has 2 heterocycles. The summed E-state index contributed by atoms with van der Waals surface area (Å²) in [6.07, 6.45) is 3.02. The zero-order chi connectivity index (χ0) is 6.10. The van der Waals surface area contributed by atoms with Gasteiger partial charge in [-0.15, -0.1) is 0 Å². The van der Waals surface area contributed by atoms with Gasteiger partial charge < -0.3 is 9.32 Å². The van der Waals surface area contributed by atoms with Gasteiger partial charge in [0.1, 0.15) is 0 Å². The minimum Gasteiger partial charge on any atom is -0.449 e. The van der Waals surface area contributed by atoms with Crippen LogP contribution in [-0.2, 0) is 0 Å². The summed E-state index contributed by atoms with van der Waals surface area (Å²) < 4.78 is 5.16. The van der Waals surface area contributed by atoms with Gasteiger partial charge in [-0.2, -0.15) is 0 Å². The zero-order valence-electron chi connectivity index (χ0n) is 5.21. The minimum absolute atomic E-state index is 1.02. The second-order valence-corrected chi connectivity index (χ2v) is 2.29. The molecule has 0 aromatic carbocycles. The van der Waals surface area contributed by atoms with Crippen molar-refractivity contribution >= 4 is 5.88 Å². The van der Waals surface area contributed by atoms with Crippen molar-refractivity contribution in [3.63, 3.8) is 0 Å². The molecule has 2 rings (SSSR count). The van der Waals surface area contributed by atoms with E-state index in [0.29, 0.717) is 0 Å². The van der Waals surface area contributed by atoms with Crippen LogP contribution in [0.5, 0.6) is 0 Å². The van der Waals surface area contributed by atoms with E-state index in [-0.39, 0.29) is 0 Å². The third-order valence-corrected chi connectivity index (χ3v) is 1.67. The van der Waals surface area contributed by atoms with Crippen LogP contribution in [0, 0.1) is 0 Å². The van der Waals surface area contributed by atoms with Gasteiger partial charge in [-0.05, 0) is 12.5 Å². The summed E-state index contributed by atoms with van der Waals surface area (Å²) in [5.74, 6) is 1.02. The molecule has 48 valence electrons. The Morgan fingerprint density at radius 3 is 2.78 bits per heavy atom. The molecule has 0 amide bonds. The van der Waals surface area contributed by atoms with Crippen molar-refractivity contribution in [3.05, 3.63) is 18.4 Å². The van der Waals surface area contributed by atoms with Gasteiger partial charge in [-0.1, -0.05) is 0 Å². The van der Waals surface area contributed by atoms with E-state index in [1.807, 2.05) is 12.1 Å². The Hall–Kier alpha value is -0.920. The Kier molecular flexibility index (Phi) is 0.979. The first-order chi connectivity index (χ1) is 4.47. The number of rotatable bonds is 1. The first kappa shape index (κ1) is 4.91. The number of hydrogen-bond acceptors (Lipinski definition) is 2. The number of nitrogens with zero attached hydrogens (tertiary/aromatic N) is 1. The molecule has 0 radical (unpaired) electrons. The molecule has 1 aliphatic heterocycles. The van der Waals surface area contributed by atoms with Gasteiger partial charge in [0.25, 0.3) is 0 Å². The van der Waals surface area contributed by atoms with Crippen LogP contribution < -0.4 is 4.90 Å². The maximum atomic E-state index is 5.16. The largest absolute Gasteiger partial charge is 0.449 e. The van der Waals surface area contributed by atoms with Crippen LogP contribution in [0.4, 0.5) is 5.88 Å². The summed E-state index contributed by atoms with van der Waals surface area (Å²) in [5, 5.41) is 0. The summed E-state index contributed by atoms with van der Waals surface area (Å²) in [5.41, 5.74) is 0. The van der Waals surface area contributed by atoms with Crippen molar-refractivity contribution in [1.29, 1.82) is 0 Å². The third kappa shape index (κ3) is 0.707. The standard InChI is InChI=1S/C7H9NO/c1-3-7(9-6-1)8-4-2-5-8/h1,3,6H,2,4-5H2. The normalized spacial score (nSPS) is 17.6. The molecule has 1 aromatic rings. The second-order valence-electron chi connectivity index (χ2n) is 2.29. The van der Waals surface area contributed by atoms with E-state index < -0.39 is 0 Å². The van der Waals surface area contributed by atoms with E-state index in [1.165, 1.54) is 6.42 Å². The van der Waals surface area contributed by atoms with Gasteiger partial charge in [-0.25, -0.2) is 0 Å². The summed E-state index contributed by atoms with van der Waals surface area (Å²) in [6, 6.07) is 3.92. The lowest BCUT2D eigenvalue weighted by molar-refractivity contribution is 0.499. The minimum atomic E-state index is 1.02. The van der Waals surface area contributed by atoms with E-state index >= 15 is 0 Å². The summed E-state index contributed by atoms with van der Waals surface area (Å²) in [4.78, 5) is 2.22. The van der Waals surface area contributed by atoms with Crippen LogP contribution in [0.25, 0.3) is 0 Å². The van der Waals surface area contributed by atoms with Crippen LogP contribution in [-0.4, -0.2) is 13.1 Å². The third-order valence-electron chi connectivity index (χ3n) is 1.67. The lowest BCUT2D eigenvalue weighted by atomic mass is 10.2. The van der Waals surface area contributed by atoms with Gasteiger partial charge in [0, 0.05) is 19.2 Å². The molecule has 2 heteroatoms. The molecule has 0 spiro atoms. The van der Waals surface area contributed by atoms with E-state index in [0.717, 1.165) is 19.0 Å². The van der Waals surface area contributed by atoms with Crippen molar-refractivity contribution in [1.82, 2.24) is 0 Å². The van der Waals surface area contributed by atoms with Crippen LogP contribution in [0.2, 0.25) is 0 Å². The fraction of sp³-hybridized carbons (Fsp3) is 0.429. The highest BCUT2D eigenvalue weighted by Gasteiger charge is 2.15. The van der Waals surface area contributed by atoms with Crippen molar-refractivity contribution in [3.8, 4) is 0 Å². The average Bonchev–Trinajstić information content (AvgIpc) is 2.11. The van der Waals surface area contributed by atoms with Gasteiger partial charge in [0.15, 0.2) is 5.88 Å². The van der Waals surface area contributed by atoms with Gasteiger partial charge >= 0.3 is 0 Å². The van der Waals surface area contributed by atoms with Crippen molar-refractivity contribution < 1.29 is 4.42 Å². The molecule has 0 unspecified atom stereocenters. The van der Waals surface area contributed by atoms with E-state index in [4.69, 9.17) is 4.42 Å². The Bertz CT molecular complexity index is 177. The molecule has 0 N–H and O–H groups in total.